The monoisotopic (exact) mass is 225 g/mol. The number of carbonyl (C=O) groups is 1. The summed E-state index contributed by atoms with van der Waals surface area (Å²) in [5, 5.41) is 0. The van der Waals surface area contributed by atoms with Crippen LogP contribution in [0.1, 0.15) is 22.3 Å². The molecule has 1 atom stereocenters. The van der Waals surface area contributed by atoms with Crippen molar-refractivity contribution in [2.45, 2.75) is 18.9 Å². The summed E-state index contributed by atoms with van der Waals surface area (Å²) in [6, 6.07) is 5.32. The van der Waals surface area contributed by atoms with E-state index in [0.29, 0.717) is 5.75 Å². The summed E-state index contributed by atoms with van der Waals surface area (Å²) < 4.78 is 5.09. The second-order valence-corrected chi connectivity index (χ2v) is 3.81. The zero-order valence-electron chi connectivity index (χ0n) is 8.42. The minimum atomic E-state index is -0.272. The van der Waals surface area contributed by atoms with E-state index in [2.05, 4.69) is 4.84 Å². The van der Waals surface area contributed by atoms with Crippen molar-refractivity contribution in [3.05, 3.63) is 29.3 Å². The molecule has 1 unspecified atom stereocenters. The number of benzene rings is 1. The Bertz CT molecular complexity index is 392. The molecule has 3 nitrogen and oxygen atoms in total. The first kappa shape index (κ1) is 10.5. The number of hydrogen-bond acceptors (Lipinski definition) is 3. The Kier molecular flexibility index (Phi) is 2.93. The topological polar surface area (TPSA) is 38.3 Å². The summed E-state index contributed by atoms with van der Waals surface area (Å²) in [6.45, 7) is 0. The highest BCUT2D eigenvalue weighted by Gasteiger charge is 2.26. The normalized spacial score (nSPS) is 19.9. The maximum atomic E-state index is 11.9. The highest BCUT2D eigenvalue weighted by Crippen LogP contribution is 2.25. The van der Waals surface area contributed by atoms with Crippen LogP contribution in [0.15, 0.2) is 18.2 Å². The van der Waals surface area contributed by atoms with E-state index < -0.39 is 0 Å². The fourth-order valence-corrected chi connectivity index (χ4v) is 2.06. The summed E-state index contributed by atoms with van der Waals surface area (Å²) in [5.74, 6) is 0.752. The molecule has 15 heavy (non-hydrogen) atoms. The van der Waals surface area contributed by atoms with E-state index in [1.165, 1.54) is 0 Å². The number of Topliss-reactive ketones (excluding diaryl/α,β-unsaturated/α-hetero) is 1. The van der Waals surface area contributed by atoms with Crippen molar-refractivity contribution in [1.29, 1.82) is 0 Å². The van der Waals surface area contributed by atoms with E-state index in [9.17, 15) is 4.79 Å². The highest BCUT2D eigenvalue weighted by molar-refractivity contribution is 6.16. The molecule has 1 aromatic rings. The second-order valence-electron chi connectivity index (χ2n) is 3.59. The van der Waals surface area contributed by atoms with Crippen LogP contribution in [0.5, 0.6) is 5.75 Å². The molecule has 0 saturated carbocycles. The van der Waals surface area contributed by atoms with E-state index in [-0.39, 0.29) is 11.8 Å². The third-order valence-corrected chi connectivity index (χ3v) is 3.00. The number of nitrogens with one attached hydrogen (secondary N) is 1. The molecule has 0 bridgehead atoms. The van der Waals surface area contributed by atoms with E-state index in [4.69, 9.17) is 16.5 Å². The summed E-state index contributed by atoms with van der Waals surface area (Å²) in [5.41, 5.74) is 1.79. The Hall–Kier alpha value is -1.06. The lowest BCUT2D eigenvalue weighted by Crippen LogP contribution is -2.35. The predicted octanol–water partition coefficient (Wildman–Crippen LogP) is 1.94. The van der Waals surface area contributed by atoms with E-state index in [1.54, 1.807) is 13.2 Å². The average molecular weight is 226 g/mol. The first-order chi connectivity index (χ1) is 7.26. The molecule has 0 heterocycles. The van der Waals surface area contributed by atoms with Crippen LogP contribution in [0, 0.1) is 0 Å². The van der Waals surface area contributed by atoms with Crippen LogP contribution in [0.4, 0.5) is 0 Å². The fourth-order valence-electron chi connectivity index (χ4n) is 1.85. The third kappa shape index (κ3) is 1.85. The lowest BCUT2D eigenvalue weighted by atomic mass is 9.87. The minimum Gasteiger partial charge on any atom is -0.497 e. The van der Waals surface area contributed by atoms with Gasteiger partial charge in [0.1, 0.15) is 5.75 Å². The number of methoxy groups -OCH3 is 1. The van der Waals surface area contributed by atoms with Crippen molar-refractivity contribution < 1.29 is 9.53 Å². The molecule has 1 aromatic carbocycles. The summed E-state index contributed by atoms with van der Waals surface area (Å²) in [6.07, 6.45) is 1.62. The molecule has 1 aliphatic rings. The molecular formula is C11H12ClNO2. The average Bonchev–Trinajstić information content (AvgIpc) is 2.29. The van der Waals surface area contributed by atoms with Crippen molar-refractivity contribution in [3.8, 4) is 5.75 Å². The maximum absolute atomic E-state index is 11.9. The molecule has 1 N–H and O–H groups in total. The van der Waals surface area contributed by atoms with Crippen molar-refractivity contribution in [2.75, 3.05) is 7.11 Å². The Morgan fingerprint density at radius 1 is 1.53 bits per heavy atom. The second kappa shape index (κ2) is 4.21. The smallest absolute Gasteiger partial charge is 0.181 e. The molecule has 0 spiro atoms. The molecule has 0 radical (unpaired) electrons. The number of halogens is 1. The third-order valence-electron chi connectivity index (χ3n) is 2.73. The van der Waals surface area contributed by atoms with Crippen LogP contribution >= 0.6 is 11.8 Å². The Balaban J connectivity index is 2.40. The molecule has 4 heteroatoms. The van der Waals surface area contributed by atoms with Gasteiger partial charge in [0, 0.05) is 5.56 Å². The number of ether oxygens (including phenoxy) is 1. The molecule has 0 saturated heterocycles. The van der Waals surface area contributed by atoms with Gasteiger partial charge in [-0.05, 0) is 42.3 Å². The van der Waals surface area contributed by atoms with Crippen molar-refractivity contribution in [3.63, 3.8) is 0 Å². The van der Waals surface area contributed by atoms with Crippen molar-refractivity contribution in [1.82, 2.24) is 4.84 Å². The van der Waals surface area contributed by atoms with Gasteiger partial charge in [0.2, 0.25) is 0 Å². The molecule has 2 rings (SSSR count). The summed E-state index contributed by atoms with van der Waals surface area (Å²) >= 11 is 5.51. The molecule has 80 valence electrons. The lowest BCUT2D eigenvalue weighted by molar-refractivity contribution is 0.0940. The van der Waals surface area contributed by atoms with Gasteiger partial charge >= 0.3 is 0 Å². The zero-order valence-corrected chi connectivity index (χ0v) is 9.17. The first-order valence-corrected chi connectivity index (χ1v) is 5.21. The van der Waals surface area contributed by atoms with Crippen molar-refractivity contribution in [2.24, 2.45) is 0 Å². The van der Waals surface area contributed by atoms with E-state index in [1.807, 2.05) is 12.1 Å². The number of aryl methyl sites for hydroxylation is 1. The standard InChI is InChI=1S/C11H12ClNO2/c1-15-8-4-2-7-3-5-10(13-12)11(14)9(7)6-8/h2,4,6,10,13H,3,5H2,1H3. The Morgan fingerprint density at radius 2 is 2.33 bits per heavy atom. The van der Waals surface area contributed by atoms with Gasteiger partial charge in [-0.25, -0.2) is 4.84 Å². The van der Waals surface area contributed by atoms with Gasteiger partial charge in [0.25, 0.3) is 0 Å². The van der Waals surface area contributed by atoms with Crippen molar-refractivity contribution >= 4 is 17.6 Å². The number of ketones is 1. The van der Waals surface area contributed by atoms with Gasteiger partial charge in [-0.15, -0.1) is 0 Å². The van der Waals surface area contributed by atoms with Crippen LogP contribution in [0.2, 0.25) is 0 Å². The minimum absolute atomic E-state index is 0.0464. The zero-order chi connectivity index (χ0) is 10.8. The molecule has 0 aliphatic heterocycles. The summed E-state index contributed by atoms with van der Waals surface area (Å²) in [4.78, 5) is 14.4. The quantitative estimate of drug-likeness (QED) is 0.782. The van der Waals surface area contributed by atoms with Crippen LogP contribution < -0.4 is 9.57 Å². The fraction of sp³-hybridized carbons (Fsp3) is 0.364. The van der Waals surface area contributed by atoms with Gasteiger partial charge in [0.15, 0.2) is 5.78 Å². The van der Waals surface area contributed by atoms with Gasteiger partial charge in [-0.1, -0.05) is 6.07 Å². The van der Waals surface area contributed by atoms with Crippen LogP contribution in [0.25, 0.3) is 0 Å². The molecular weight excluding hydrogens is 214 g/mol. The van der Waals surface area contributed by atoms with Gasteiger partial charge in [-0.2, -0.15) is 0 Å². The number of rotatable bonds is 2. The Labute approximate surface area is 93.5 Å². The summed E-state index contributed by atoms with van der Waals surface area (Å²) in [7, 11) is 1.59. The maximum Gasteiger partial charge on any atom is 0.181 e. The van der Waals surface area contributed by atoms with E-state index >= 15 is 0 Å². The van der Waals surface area contributed by atoms with Gasteiger partial charge in [-0.3, -0.25) is 4.79 Å². The largest absolute Gasteiger partial charge is 0.497 e. The molecule has 0 amide bonds. The molecule has 0 fully saturated rings. The molecule has 0 aromatic heterocycles. The molecule has 1 aliphatic carbocycles. The Morgan fingerprint density at radius 3 is 3.00 bits per heavy atom. The number of hydrogen-bond donors (Lipinski definition) is 1. The van der Waals surface area contributed by atoms with Crippen LogP contribution in [-0.2, 0) is 6.42 Å². The number of fused-ring (bicyclic) bond motifs is 1. The highest BCUT2D eigenvalue weighted by atomic mass is 35.5. The SMILES string of the molecule is COc1ccc2c(c1)C(=O)C(NCl)CC2. The van der Waals surface area contributed by atoms with Crippen LogP contribution in [-0.4, -0.2) is 18.9 Å². The van der Waals surface area contributed by atoms with E-state index in [0.717, 1.165) is 24.0 Å². The predicted molar refractivity (Wildman–Crippen MR) is 58.4 cm³/mol. The van der Waals surface area contributed by atoms with Gasteiger partial charge in [0.05, 0.1) is 13.2 Å². The van der Waals surface area contributed by atoms with Crippen LogP contribution in [0.3, 0.4) is 0 Å². The number of carbonyl (C=O) groups excluding carboxylic acids is 1. The first-order valence-electron chi connectivity index (χ1n) is 4.83. The lowest BCUT2D eigenvalue weighted by Gasteiger charge is -2.22. The van der Waals surface area contributed by atoms with Gasteiger partial charge < -0.3 is 4.74 Å².